The summed E-state index contributed by atoms with van der Waals surface area (Å²) in [6.45, 7) is 6.89. The van der Waals surface area contributed by atoms with Crippen LogP contribution in [-0.4, -0.2) is 81.3 Å². The quantitative estimate of drug-likeness (QED) is 0.599. The Morgan fingerprint density at radius 1 is 1.19 bits per heavy atom. The number of hydrogen-bond donors (Lipinski definition) is 1. The Bertz CT molecular complexity index is 287. The smallest absolute Gasteiger partial charge is 0.305 e. The summed E-state index contributed by atoms with van der Waals surface area (Å²) in [7, 11) is 3.64. The number of hydrogen-bond acceptors (Lipinski definition) is 6. The fraction of sp³-hybridized carbons (Fsp3) is 0.786. The molecule has 1 rings (SSSR count). The van der Waals surface area contributed by atoms with Gasteiger partial charge in [-0.2, -0.15) is 0 Å². The number of carboxylic acids is 1. The second-order valence-corrected chi connectivity index (χ2v) is 4.45. The summed E-state index contributed by atoms with van der Waals surface area (Å²) in [4.78, 5) is 14.3. The molecule has 1 aliphatic heterocycles. The van der Waals surface area contributed by atoms with Gasteiger partial charge in [0.15, 0.2) is 0 Å². The third-order valence-corrected chi connectivity index (χ3v) is 2.56. The van der Waals surface area contributed by atoms with Crippen LogP contribution in [0, 0.1) is 0 Å². The molecular weight excluding hydrogens is 276 g/mol. The summed E-state index contributed by atoms with van der Waals surface area (Å²) >= 11 is 0. The van der Waals surface area contributed by atoms with Crippen molar-refractivity contribution in [3.05, 3.63) is 12.4 Å². The SMILES string of the molecule is CCOCCN1C=CN(C)C1.COCCOCCC(=O)O. The van der Waals surface area contributed by atoms with Crippen LogP contribution in [0.4, 0.5) is 0 Å². The summed E-state index contributed by atoms with van der Waals surface area (Å²) in [6.07, 6.45) is 4.23. The number of carboxylic acid groups (broad SMARTS) is 1. The van der Waals surface area contributed by atoms with E-state index in [4.69, 9.17) is 14.6 Å². The lowest BCUT2D eigenvalue weighted by molar-refractivity contribution is -0.138. The highest BCUT2D eigenvalue weighted by atomic mass is 16.5. The second-order valence-electron chi connectivity index (χ2n) is 4.45. The van der Waals surface area contributed by atoms with Crippen LogP contribution in [0.3, 0.4) is 0 Å². The van der Waals surface area contributed by atoms with Crippen molar-refractivity contribution in [2.45, 2.75) is 13.3 Å². The van der Waals surface area contributed by atoms with E-state index in [-0.39, 0.29) is 13.0 Å². The average molecular weight is 304 g/mol. The van der Waals surface area contributed by atoms with Crippen LogP contribution in [0.5, 0.6) is 0 Å². The van der Waals surface area contributed by atoms with Crippen molar-refractivity contribution in [3.8, 4) is 0 Å². The van der Waals surface area contributed by atoms with Gasteiger partial charge >= 0.3 is 5.97 Å². The Balaban J connectivity index is 0.000000384. The molecule has 0 atom stereocenters. The highest BCUT2D eigenvalue weighted by Gasteiger charge is 2.06. The minimum atomic E-state index is -0.836. The molecule has 0 unspecified atom stereocenters. The van der Waals surface area contributed by atoms with E-state index in [2.05, 4.69) is 34.0 Å². The van der Waals surface area contributed by atoms with E-state index in [1.165, 1.54) is 0 Å². The minimum Gasteiger partial charge on any atom is -0.481 e. The molecule has 0 saturated heterocycles. The highest BCUT2D eigenvalue weighted by molar-refractivity contribution is 5.66. The predicted octanol–water partition coefficient (Wildman–Crippen LogP) is 0.823. The number of aliphatic carboxylic acids is 1. The summed E-state index contributed by atoms with van der Waals surface area (Å²) in [6, 6.07) is 0. The lowest BCUT2D eigenvalue weighted by Crippen LogP contribution is -2.25. The Kier molecular flexibility index (Phi) is 12.8. The van der Waals surface area contributed by atoms with Gasteiger partial charge in [0.1, 0.15) is 0 Å². The third-order valence-electron chi connectivity index (χ3n) is 2.56. The minimum absolute atomic E-state index is 0.0592. The number of carbonyl (C=O) groups is 1. The fourth-order valence-electron chi connectivity index (χ4n) is 1.46. The van der Waals surface area contributed by atoms with Gasteiger partial charge in [-0.15, -0.1) is 0 Å². The largest absolute Gasteiger partial charge is 0.481 e. The van der Waals surface area contributed by atoms with E-state index >= 15 is 0 Å². The maximum atomic E-state index is 9.92. The first-order chi connectivity index (χ1) is 10.1. The first-order valence-corrected chi connectivity index (χ1v) is 7.09. The molecule has 0 bridgehead atoms. The molecule has 0 radical (unpaired) electrons. The normalized spacial score (nSPS) is 13.3. The molecule has 124 valence electrons. The van der Waals surface area contributed by atoms with Crippen LogP contribution >= 0.6 is 0 Å². The van der Waals surface area contributed by atoms with Crippen LogP contribution in [0.25, 0.3) is 0 Å². The molecule has 0 fully saturated rings. The van der Waals surface area contributed by atoms with Gasteiger partial charge in [0.25, 0.3) is 0 Å². The van der Waals surface area contributed by atoms with Crippen molar-refractivity contribution in [2.24, 2.45) is 0 Å². The summed E-state index contributed by atoms with van der Waals surface area (Å²) in [5.41, 5.74) is 0. The predicted molar refractivity (Wildman–Crippen MR) is 79.9 cm³/mol. The zero-order valence-corrected chi connectivity index (χ0v) is 13.3. The Morgan fingerprint density at radius 3 is 2.48 bits per heavy atom. The summed E-state index contributed by atoms with van der Waals surface area (Å²) in [5.74, 6) is -0.836. The van der Waals surface area contributed by atoms with Crippen molar-refractivity contribution in [3.63, 3.8) is 0 Å². The molecule has 0 aromatic heterocycles. The van der Waals surface area contributed by atoms with Crippen LogP contribution in [-0.2, 0) is 19.0 Å². The lowest BCUT2D eigenvalue weighted by Gasteiger charge is -2.17. The molecule has 1 heterocycles. The Morgan fingerprint density at radius 2 is 1.95 bits per heavy atom. The molecule has 1 aliphatic rings. The molecule has 0 saturated carbocycles. The molecule has 0 aromatic rings. The Labute approximate surface area is 127 Å². The second kappa shape index (κ2) is 13.7. The molecule has 0 aliphatic carbocycles. The lowest BCUT2D eigenvalue weighted by atomic mass is 10.5. The van der Waals surface area contributed by atoms with Crippen molar-refractivity contribution in [1.29, 1.82) is 0 Å². The fourth-order valence-corrected chi connectivity index (χ4v) is 1.46. The van der Waals surface area contributed by atoms with E-state index in [0.717, 1.165) is 26.4 Å². The van der Waals surface area contributed by atoms with Gasteiger partial charge in [-0.3, -0.25) is 4.79 Å². The van der Waals surface area contributed by atoms with Crippen molar-refractivity contribution in [1.82, 2.24) is 9.80 Å². The van der Waals surface area contributed by atoms with Crippen LogP contribution < -0.4 is 0 Å². The topological polar surface area (TPSA) is 71.5 Å². The summed E-state index contributed by atoms with van der Waals surface area (Å²) in [5, 5.41) is 8.16. The average Bonchev–Trinajstić information content (AvgIpc) is 2.85. The van der Waals surface area contributed by atoms with Gasteiger partial charge in [0.05, 0.1) is 39.5 Å². The zero-order chi connectivity index (χ0) is 15.9. The van der Waals surface area contributed by atoms with Gasteiger partial charge in [0, 0.05) is 39.7 Å². The van der Waals surface area contributed by atoms with Crippen molar-refractivity contribution >= 4 is 5.97 Å². The monoisotopic (exact) mass is 304 g/mol. The standard InChI is InChI=1S/C8H16N2O.C6H12O4/c1-3-11-7-6-10-5-4-9(2)8-10;1-9-4-5-10-3-2-6(7)8/h4-5H,3,6-8H2,1-2H3;2-5H2,1H3,(H,7,8). The molecular formula is C14H28N2O5. The van der Waals surface area contributed by atoms with E-state index < -0.39 is 5.97 Å². The molecule has 0 amide bonds. The molecule has 7 heteroatoms. The number of rotatable bonds is 10. The van der Waals surface area contributed by atoms with Gasteiger partial charge in [-0.1, -0.05) is 0 Å². The zero-order valence-electron chi connectivity index (χ0n) is 13.3. The van der Waals surface area contributed by atoms with Crippen molar-refractivity contribution in [2.75, 3.05) is 60.4 Å². The molecule has 0 aromatic carbocycles. The van der Waals surface area contributed by atoms with E-state index in [0.29, 0.717) is 13.2 Å². The first-order valence-electron chi connectivity index (χ1n) is 7.09. The van der Waals surface area contributed by atoms with Gasteiger partial charge < -0.3 is 29.1 Å². The van der Waals surface area contributed by atoms with Gasteiger partial charge in [0.2, 0.25) is 0 Å². The summed E-state index contributed by atoms with van der Waals surface area (Å²) < 4.78 is 14.8. The molecule has 21 heavy (non-hydrogen) atoms. The first kappa shape index (κ1) is 19.7. The Hall–Kier alpha value is -1.31. The van der Waals surface area contributed by atoms with Crippen LogP contribution in [0.15, 0.2) is 12.4 Å². The van der Waals surface area contributed by atoms with Crippen LogP contribution in [0.2, 0.25) is 0 Å². The number of ether oxygens (including phenoxy) is 3. The van der Waals surface area contributed by atoms with E-state index in [1.807, 2.05) is 6.92 Å². The maximum Gasteiger partial charge on any atom is 0.305 e. The van der Waals surface area contributed by atoms with E-state index in [9.17, 15) is 4.79 Å². The van der Waals surface area contributed by atoms with Gasteiger partial charge in [-0.05, 0) is 6.92 Å². The van der Waals surface area contributed by atoms with E-state index in [1.54, 1.807) is 7.11 Å². The highest BCUT2D eigenvalue weighted by Crippen LogP contribution is 2.02. The number of methoxy groups -OCH3 is 1. The van der Waals surface area contributed by atoms with Crippen molar-refractivity contribution < 1.29 is 24.1 Å². The number of nitrogens with zero attached hydrogens (tertiary/aromatic N) is 2. The van der Waals surface area contributed by atoms with Gasteiger partial charge in [-0.25, -0.2) is 0 Å². The molecule has 0 spiro atoms. The van der Waals surface area contributed by atoms with Crippen LogP contribution in [0.1, 0.15) is 13.3 Å². The maximum absolute atomic E-state index is 9.92. The molecule has 1 N–H and O–H groups in total. The third kappa shape index (κ3) is 13.4. The molecule has 7 nitrogen and oxygen atoms in total.